The maximum absolute atomic E-state index is 13.4. The summed E-state index contributed by atoms with van der Waals surface area (Å²) in [6.45, 7) is 2.89. The molecule has 0 aromatic heterocycles. The summed E-state index contributed by atoms with van der Waals surface area (Å²) in [6, 6.07) is 6.37. The van der Waals surface area contributed by atoms with E-state index in [9.17, 15) is 14.0 Å². The van der Waals surface area contributed by atoms with Crippen LogP contribution in [-0.4, -0.2) is 35.8 Å². The first-order valence-corrected chi connectivity index (χ1v) is 6.84. The Bertz CT molecular complexity index is 496. The molecule has 1 aromatic rings. The van der Waals surface area contributed by atoms with Crippen LogP contribution < -0.4 is 5.32 Å². The molecule has 0 radical (unpaired) electrons. The fraction of sp³-hybridized carbons (Fsp3) is 0.467. The molecule has 1 aromatic carbocycles. The fourth-order valence-electron chi connectivity index (χ4n) is 2.43. The van der Waals surface area contributed by atoms with Gasteiger partial charge >= 0.3 is 0 Å². The molecule has 1 heterocycles. The Morgan fingerprint density at radius 2 is 1.95 bits per heavy atom. The van der Waals surface area contributed by atoms with E-state index in [1.165, 1.54) is 6.07 Å². The van der Waals surface area contributed by atoms with Crippen LogP contribution in [0.1, 0.15) is 25.3 Å². The topological polar surface area (TPSA) is 49.4 Å². The van der Waals surface area contributed by atoms with E-state index >= 15 is 0 Å². The normalized spacial score (nSPS) is 16.0. The van der Waals surface area contributed by atoms with Gasteiger partial charge in [0.15, 0.2) is 0 Å². The molecule has 108 valence electrons. The molecule has 1 saturated heterocycles. The Hall–Kier alpha value is -1.91. The summed E-state index contributed by atoms with van der Waals surface area (Å²) >= 11 is 0. The summed E-state index contributed by atoms with van der Waals surface area (Å²) in [6.07, 6.45) is 1.56. The summed E-state index contributed by atoms with van der Waals surface area (Å²) in [5.74, 6) is -0.452. The molecule has 0 spiro atoms. The zero-order chi connectivity index (χ0) is 14.5. The van der Waals surface area contributed by atoms with Crippen molar-refractivity contribution in [2.45, 2.75) is 32.2 Å². The molecule has 1 fully saturated rings. The number of likely N-dealkylation sites (tertiary alicyclic amines) is 1. The van der Waals surface area contributed by atoms with Crippen molar-refractivity contribution in [2.24, 2.45) is 0 Å². The van der Waals surface area contributed by atoms with Crippen molar-refractivity contribution in [2.75, 3.05) is 13.1 Å². The first-order valence-electron chi connectivity index (χ1n) is 6.84. The average Bonchev–Trinajstić information content (AvgIpc) is 2.42. The van der Waals surface area contributed by atoms with Crippen LogP contribution in [0.2, 0.25) is 0 Å². The summed E-state index contributed by atoms with van der Waals surface area (Å²) in [5, 5.41) is 2.91. The second-order valence-electron chi connectivity index (χ2n) is 5.12. The molecule has 1 aliphatic rings. The molecule has 5 heteroatoms. The monoisotopic (exact) mass is 278 g/mol. The molecule has 1 N–H and O–H groups in total. The Morgan fingerprint density at radius 3 is 2.55 bits per heavy atom. The summed E-state index contributed by atoms with van der Waals surface area (Å²) in [7, 11) is 0. The van der Waals surface area contributed by atoms with Gasteiger partial charge in [-0.15, -0.1) is 0 Å². The van der Waals surface area contributed by atoms with Gasteiger partial charge in [-0.3, -0.25) is 9.59 Å². The highest BCUT2D eigenvalue weighted by molar-refractivity contribution is 5.79. The van der Waals surface area contributed by atoms with Gasteiger partial charge in [0, 0.05) is 26.1 Å². The first kappa shape index (κ1) is 14.5. The van der Waals surface area contributed by atoms with Gasteiger partial charge < -0.3 is 10.2 Å². The summed E-state index contributed by atoms with van der Waals surface area (Å²) in [5.41, 5.74) is 0.408. The number of hydrogen-bond acceptors (Lipinski definition) is 2. The van der Waals surface area contributed by atoms with Crippen LogP contribution in [0.4, 0.5) is 4.39 Å². The van der Waals surface area contributed by atoms with Crippen molar-refractivity contribution >= 4 is 11.8 Å². The standard InChI is InChI=1S/C15H19FN2O2/c1-11(19)18-8-6-13(7-9-18)17-15(20)10-12-4-2-3-5-14(12)16/h2-5,13H,6-10H2,1H3,(H,17,20). The lowest BCUT2D eigenvalue weighted by atomic mass is 10.0. The van der Waals surface area contributed by atoms with Gasteiger partial charge in [0.1, 0.15) is 5.82 Å². The minimum absolute atomic E-state index is 0.0552. The van der Waals surface area contributed by atoms with Gasteiger partial charge in [0.25, 0.3) is 0 Å². The molecule has 2 amide bonds. The van der Waals surface area contributed by atoms with Crippen molar-refractivity contribution in [1.29, 1.82) is 0 Å². The predicted octanol–water partition coefficient (Wildman–Crippen LogP) is 1.50. The molecule has 0 atom stereocenters. The molecule has 0 unspecified atom stereocenters. The van der Waals surface area contributed by atoms with E-state index in [4.69, 9.17) is 0 Å². The largest absolute Gasteiger partial charge is 0.353 e. The highest BCUT2D eigenvalue weighted by atomic mass is 19.1. The lowest BCUT2D eigenvalue weighted by Gasteiger charge is -2.31. The predicted molar refractivity (Wildman–Crippen MR) is 73.5 cm³/mol. The second-order valence-corrected chi connectivity index (χ2v) is 5.12. The number of rotatable bonds is 3. The molecule has 0 saturated carbocycles. The van der Waals surface area contributed by atoms with Gasteiger partial charge in [0.2, 0.25) is 11.8 Å². The van der Waals surface area contributed by atoms with Crippen molar-refractivity contribution < 1.29 is 14.0 Å². The van der Waals surface area contributed by atoms with Crippen molar-refractivity contribution in [3.63, 3.8) is 0 Å². The van der Waals surface area contributed by atoms with E-state index in [1.54, 1.807) is 30.0 Å². The Morgan fingerprint density at radius 1 is 1.30 bits per heavy atom. The van der Waals surface area contributed by atoms with E-state index in [-0.39, 0.29) is 30.1 Å². The highest BCUT2D eigenvalue weighted by Gasteiger charge is 2.22. The van der Waals surface area contributed by atoms with E-state index in [0.29, 0.717) is 18.7 Å². The number of amides is 2. The number of carbonyl (C=O) groups is 2. The van der Waals surface area contributed by atoms with Gasteiger partial charge in [0.05, 0.1) is 6.42 Å². The third kappa shape index (κ3) is 3.79. The van der Waals surface area contributed by atoms with E-state index in [0.717, 1.165) is 12.8 Å². The number of benzene rings is 1. The SMILES string of the molecule is CC(=O)N1CCC(NC(=O)Cc2ccccc2F)CC1. The number of nitrogens with zero attached hydrogens (tertiary/aromatic N) is 1. The van der Waals surface area contributed by atoms with Crippen molar-refractivity contribution in [3.8, 4) is 0 Å². The molecular formula is C15H19FN2O2. The quantitative estimate of drug-likeness (QED) is 0.911. The van der Waals surface area contributed by atoms with E-state index in [1.807, 2.05) is 0 Å². The number of carbonyl (C=O) groups excluding carboxylic acids is 2. The van der Waals surface area contributed by atoms with E-state index < -0.39 is 0 Å². The minimum Gasteiger partial charge on any atom is -0.353 e. The van der Waals surface area contributed by atoms with Gasteiger partial charge in [-0.25, -0.2) is 4.39 Å². The Balaban J connectivity index is 1.81. The third-order valence-electron chi connectivity index (χ3n) is 3.61. The van der Waals surface area contributed by atoms with Gasteiger partial charge in [-0.05, 0) is 24.5 Å². The van der Waals surface area contributed by atoms with Crippen LogP contribution in [0.25, 0.3) is 0 Å². The number of piperidine rings is 1. The van der Waals surface area contributed by atoms with Crippen LogP contribution in [-0.2, 0) is 16.0 Å². The summed E-state index contributed by atoms with van der Waals surface area (Å²) in [4.78, 5) is 24.9. The van der Waals surface area contributed by atoms with Gasteiger partial charge in [-0.1, -0.05) is 18.2 Å². The first-order chi connectivity index (χ1) is 9.56. The molecule has 0 bridgehead atoms. The molecule has 0 aliphatic carbocycles. The van der Waals surface area contributed by atoms with Crippen LogP contribution in [0.5, 0.6) is 0 Å². The van der Waals surface area contributed by atoms with Crippen LogP contribution in [0, 0.1) is 5.82 Å². The number of hydrogen-bond donors (Lipinski definition) is 1. The smallest absolute Gasteiger partial charge is 0.224 e. The number of nitrogens with one attached hydrogen (secondary N) is 1. The van der Waals surface area contributed by atoms with Crippen LogP contribution in [0.3, 0.4) is 0 Å². The summed E-state index contributed by atoms with van der Waals surface area (Å²) < 4.78 is 13.4. The Labute approximate surface area is 118 Å². The molecular weight excluding hydrogens is 259 g/mol. The minimum atomic E-state index is -0.353. The zero-order valence-electron chi connectivity index (χ0n) is 11.6. The van der Waals surface area contributed by atoms with Crippen LogP contribution >= 0.6 is 0 Å². The maximum Gasteiger partial charge on any atom is 0.224 e. The second kappa shape index (κ2) is 6.50. The molecule has 2 rings (SSSR count). The third-order valence-corrected chi connectivity index (χ3v) is 3.61. The zero-order valence-corrected chi connectivity index (χ0v) is 11.6. The van der Waals surface area contributed by atoms with Crippen molar-refractivity contribution in [1.82, 2.24) is 10.2 Å². The lowest BCUT2D eigenvalue weighted by molar-refractivity contribution is -0.130. The average molecular weight is 278 g/mol. The fourth-order valence-corrected chi connectivity index (χ4v) is 2.43. The molecule has 1 aliphatic heterocycles. The van der Waals surface area contributed by atoms with Crippen LogP contribution in [0.15, 0.2) is 24.3 Å². The van der Waals surface area contributed by atoms with Crippen molar-refractivity contribution in [3.05, 3.63) is 35.6 Å². The Kier molecular flexibility index (Phi) is 4.71. The maximum atomic E-state index is 13.4. The molecule has 4 nitrogen and oxygen atoms in total. The lowest BCUT2D eigenvalue weighted by Crippen LogP contribution is -2.46. The van der Waals surface area contributed by atoms with Gasteiger partial charge in [-0.2, -0.15) is 0 Å². The highest BCUT2D eigenvalue weighted by Crippen LogP contribution is 2.11. The number of halogens is 1. The molecule has 20 heavy (non-hydrogen) atoms. The van der Waals surface area contributed by atoms with E-state index in [2.05, 4.69) is 5.32 Å².